The summed E-state index contributed by atoms with van der Waals surface area (Å²) < 4.78 is 5.62. The van der Waals surface area contributed by atoms with Crippen LogP contribution in [0.15, 0.2) is 4.42 Å². The number of oxazole rings is 1. The Labute approximate surface area is 84.3 Å². The van der Waals surface area contributed by atoms with E-state index in [4.69, 9.17) is 4.42 Å². The van der Waals surface area contributed by atoms with Crippen molar-refractivity contribution in [1.82, 2.24) is 10.3 Å². The van der Waals surface area contributed by atoms with E-state index in [2.05, 4.69) is 24.1 Å². The Morgan fingerprint density at radius 2 is 2.23 bits per heavy atom. The van der Waals surface area contributed by atoms with E-state index in [1.54, 1.807) is 0 Å². The summed E-state index contributed by atoms with van der Waals surface area (Å²) in [5, 5.41) is 3.27. The zero-order chi connectivity index (χ0) is 8.55. The third-order valence-electron chi connectivity index (χ3n) is 2.11. The van der Waals surface area contributed by atoms with Crippen LogP contribution in [0.25, 0.3) is 0 Å². The molecule has 0 fully saturated rings. The van der Waals surface area contributed by atoms with Crippen molar-refractivity contribution in [2.45, 2.75) is 32.7 Å². The Balaban J connectivity index is 0.000000845. The van der Waals surface area contributed by atoms with Crippen LogP contribution in [0.3, 0.4) is 0 Å². The van der Waals surface area contributed by atoms with Crippen LogP contribution in [-0.2, 0) is 13.0 Å². The first-order valence-electron chi connectivity index (χ1n) is 4.46. The van der Waals surface area contributed by atoms with Gasteiger partial charge in [-0.15, -0.1) is 12.4 Å². The van der Waals surface area contributed by atoms with Crippen molar-refractivity contribution in [1.29, 1.82) is 0 Å². The first kappa shape index (κ1) is 10.5. The van der Waals surface area contributed by atoms with Gasteiger partial charge in [-0.2, -0.15) is 0 Å². The molecule has 1 aliphatic heterocycles. The van der Waals surface area contributed by atoms with Crippen LogP contribution < -0.4 is 5.32 Å². The average Bonchev–Trinajstić information content (AvgIpc) is 2.46. The Morgan fingerprint density at radius 3 is 2.85 bits per heavy atom. The third-order valence-corrected chi connectivity index (χ3v) is 2.11. The van der Waals surface area contributed by atoms with Gasteiger partial charge in [0.05, 0.1) is 5.69 Å². The number of fused-ring (bicyclic) bond motifs is 1. The number of rotatable bonds is 1. The van der Waals surface area contributed by atoms with Gasteiger partial charge in [0.2, 0.25) is 0 Å². The van der Waals surface area contributed by atoms with Crippen LogP contribution in [0.1, 0.15) is 37.1 Å². The molecule has 4 heteroatoms. The Hall–Kier alpha value is -0.540. The van der Waals surface area contributed by atoms with E-state index in [9.17, 15) is 0 Å². The highest BCUT2D eigenvalue weighted by Crippen LogP contribution is 2.20. The molecule has 1 aromatic rings. The molecule has 0 radical (unpaired) electrons. The van der Waals surface area contributed by atoms with Gasteiger partial charge in [-0.25, -0.2) is 4.98 Å². The van der Waals surface area contributed by atoms with E-state index >= 15 is 0 Å². The summed E-state index contributed by atoms with van der Waals surface area (Å²) in [6.45, 7) is 6.08. The van der Waals surface area contributed by atoms with Gasteiger partial charge in [0.1, 0.15) is 5.76 Å². The Morgan fingerprint density at radius 1 is 1.46 bits per heavy atom. The van der Waals surface area contributed by atoms with Gasteiger partial charge in [-0.3, -0.25) is 0 Å². The van der Waals surface area contributed by atoms with Gasteiger partial charge in [0.25, 0.3) is 0 Å². The molecule has 1 N–H and O–H groups in total. The van der Waals surface area contributed by atoms with Crippen LogP contribution in [0.2, 0.25) is 0 Å². The fraction of sp³-hybridized carbons (Fsp3) is 0.667. The lowest BCUT2D eigenvalue weighted by atomic mass is 10.2. The van der Waals surface area contributed by atoms with E-state index in [0.717, 1.165) is 36.9 Å². The molecule has 0 aliphatic carbocycles. The maximum Gasteiger partial charge on any atom is 0.197 e. The minimum atomic E-state index is 0. The van der Waals surface area contributed by atoms with Crippen molar-refractivity contribution in [3.05, 3.63) is 17.3 Å². The highest BCUT2D eigenvalue weighted by Gasteiger charge is 2.17. The first-order chi connectivity index (χ1) is 5.77. The summed E-state index contributed by atoms with van der Waals surface area (Å²) in [5.41, 5.74) is 1.10. The van der Waals surface area contributed by atoms with Gasteiger partial charge in [-0.05, 0) is 0 Å². The quantitative estimate of drug-likeness (QED) is 0.756. The molecule has 0 aromatic carbocycles. The molecule has 0 atom stereocenters. The summed E-state index contributed by atoms with van der Waals surface area (Å²) in [6.07, 6.45) is 0.981. The molecular weight excluding hydrogens is 188 g/mol. The second kappa shape index (κ2) is 4.11. The molecule has 13 heavy (non-hydrogen) atoms. The number of nitrogens with one attached hydrogen (secondary N) is 1. The smallest absolute Gasteiger partial charge is 0.197 e. The van der Waals surface area contributed by atoms with Crippen molar-refractivity contribution in [3.8, 4) is 0 Å². The summed E-state index contributed by atoms with van der Waals surface area (Å²) in [7, 11) is 0. The lowest BCUT2D eigenvalue weighted by molar-refractivity contribution is 0.423. The van der Waals surface area contributed by atoms with Crippen LogP contribution >= 0.6 is 12.4 Å². The minimum absolute atomic E-state index is 0. The SMILES string of the molecule is CC(C)c1nc2c(o1)CCNC2.Cl. The highest BCUT2D eigenvalue weighted by molar-refractivity contribution is 5.85. The van der Waals surface area contributed by atoms with Crippen LogP contribution in [0, 0.1) is 0 Å². The van der Waals surface area contributed by atoms with Crippen molar-refractivity contribution in [2.75, 3.05) is 6.54 Å². The highest BCUT2D eigenvalue weighted by atomic mass is 35.5. The molecule has 0 saturated heterocycles. The summed E-state index contributed by atoms with van der Waals surface area (Å²) in [5.74, 6) is 2.36. The third kappa shape index (κ3) is 2.03. The Bertz CT molecular complexity index is 260. The van der Waals surface area contributed by atoms with Crippen molar-refractivity contribution >= 4 is 12.4 Å². The normalized spacial score (nSPS) is 15.3. The van der Waals surface area contributed by atoms with Gasteiger partial charge in [0, 0.05) is 25.4 Å². The molecule has 0 saturated carbocycles. The van der Waals surface area contributed by atoms with Gasteiger partial charge >= 0.3 is 0 Å². The molecular formula is C9H15ClN2O. The molecule has 3 nitrogen and oxygen atoms in total. The molecule has 0 amide bonds. The lowest BCUT2D eigenvalue weighted by Crippen LogP contribution is -2.22. The molecule has 2 rings (SSSR count). The number of halogens is 1. The van der Waals surface area contributed by atoms with Crippen LogP contribution in [-0.4, -0.2) is 11.5 Å². The Kier molecular flexibility index (Phi) is 3.33. The second-order valence-electron chi connectivity index (χ2n) is 3.50. The fourth-order valence-corrected chi connectivity index (χ4v) is 1.39. The molecule has 1 aromatic heterocycles. The maximum atomic E-state index is 5.62. The van der Waals surface area contributed by atoms with E-state index in [-0.39, 0.29) is 12.4 Å². The standard InChI is InChI=1S/C9H14N2O.ClH/c1-6(2)9-11-7-5-10-4-3-8(7)12-9;/h6,10H,3-5H2,1-2H3;1H. The molecule has 1 aliphatic rings. The summed E-state index contributed by atoms with van der Waals surface area (Å²) >= 11 is 0. The van der Waals surface area contributed by atoms with E-state index in [0.29, 0.717) is 5.92 Å². The molecule has 74 valence electrons. The van der Waals surface area contributed by atoms with Crippen LogP contribution in [0.5, 0.6) is 0 Å². The van der Waals surface area contributed by atoms with Gasteiger partial charge in [0.15, 0.2) is 5.89 Å². The maximum absolute atomic E-state index is 5.62. The fourth-order valence-electron chi connectivity index (χ4n) is 1.39. The predicted octanol–water partition coefficient (Wildman–Crippen LogP) is 1.87. The van der Waals surface area contributed by atoms with Gasteiger partial charge < -0.3 is 9.73 Å². The molecule has 0 spiro atoms. The lowest BCUT2D eigenvalue weighted by Gasteiger charge is -2.08. The zero-order valence-electron chi connectivity index (χ0n) is 7.96. The van der Waals surface area contributed by atoms with Gasteiger partial charge in [-0.1, -0.05) is 13.8 Å². The second-order valence-corrected chi connectivity index (χ2v) is 3.50. The van der Waals surface area contributed by atoms with E-state index < -0.39 is 0 Å². The van der Waals surface area contributed by atoms with Crippen molar-refractivity contribution < 1.29 is 4.42 Å². The summed E-state index contributed by atoms with van der Waals surface area (Å²) in [4.78, 5) is 4.42. The molecule has 2 heterocycles. The first-order valence-corrected chi connectivity index (χ1v) is 4.46. The largest absolute Gasteiger partial charge is 0.445 e. The topological polar surface area (TPSA) is 38.1 Å². The zero-order valence-corrected chi connectivity index (χ0v) is 8.78. The summed E-state index contributed by atoms with van der Waals surface area (Å²) in [6, 6.07) is 0. The molecule has 0 bridgehead atoms. The minimum Gasteiger partial charge on any atom is -0.445 e. The number of nitrogens with zero attached hydrogens (tertiary/aromatic N) is 1. The van der Waals surface area contributed by atoms with E-state index in [1.165, 1.54) is 0 Å². The molecule has 0 unspecified atom stereocenters. The van der Waals surface area contributed by atoms with Crippen molar-refractivity contribution in [2.24, 2.45) is 0 Å². The predicted molar refractivity (Wildman–Crippen MR) is 53.3 cm³/mol. The number of hydrogen-bond acceptors (Lipinski definition) is 3. The number of hydrogen-bond donors (Lipinski definition) is 1. The van der Waals surface area contributed by atoms with Crippen molar-refractivity contribution in [3.63, 3.8) is 0 Å². The van der Waals surface area contributed by atoms with Crippen LogP contribution in [0.4, 0.5) is 0 Å². The monoisotopic (exact) mass is 202 g/mol. The van der Waals surface area contributed by atoms with E-state index in [1.807, 2.05) is 0 Å². The number of aromatic nitrogens is 1. The average molecular weight is 203 g/mol.